The van der Waals surface area contributed by atoms with Gasteiger partial charge in [0.05, 0.1) is 19.0 Å². The first-order valence-corrected chi connectivity index (χ1v) is 5.49. The van der Waals surface area contributed by atoms with Gasteiger partial charge >= 0.3 is 0 Å². The van der Waals surface area contributed by atoms with Crippen molar-refractivity contribution in [2.45, 2.75) is 32.9 Å². The second-order valence-electron chi connectivity index (χ2n) is 3.51. The highest BCUT2D eigenvalue weighted by Gasteiger charge is 2.10. The Hall–Kier alpha value is -0.920. The quantitative estimate of drug-likeness (QED) is 0.763. The highest BCUT2D eigenvalue weighted by atomic mass is 32.1. The van der Waals surface area contributed by atoms with E-state index < -0.39 is 0 Å². The molecule has 0 radical (unpaired) electrons. The molecule has 0 aliphatic carbocycles. The first-order valence-electron chi connectivity index (χ1n) is 4.61. The molecule has 1 aromatic heterocycles. The van der Waals surface area contributed by atoms with E-state index in [9.17, 15) is 0 Å². The van der Waals surface area contributed by atoms with Crippen LogP contribution in [0.2, 0.25) is 0 Å². The molecule has 0 amide bonds. The fourth-order valence-electron chi connectivity index (χ4n) is 1.13. The fraction of sp³-hybridized carbons (Fsp3) is 0.600. The molecule has 0 aromatic carbocycles. The van der Waals surface area contributed by atoms with Crippen LogP contribution in [0.15, 0.2) is 5.38 Å². The maximum atomic E-state index is 8.57. The Labute approximate surface area is 89.0 Å². The third kappa shape index (κ3) is 3.09. The number of aromatic nitrogens is 1. The maximum Gasteiger partial charge on any atom is 0.107 e. The zero-order valence-electron chi connectivity index (χ0n) is 8.82. The number of aryl methyl sites for hydroxylation is 1. The van der Waals surface area contributed by atoms with E-state index in [1.165, 1.54) is 0 Å². The average Bonchev–Trinajstić information content (AvgIpc) is 2.51. The summed E-state index contributed by atoms with van der Waals surface area (Å²) in [5.41, 5.74) is 1.08. The first-order chi connectivity index (χ1) is 6.63. The molecule has 1 aromatic rings. The fourth-order valence-corrected chi connectivity index (χ4v) is 1.97. The molecule has 0 aliphatic rings. The molecule has 1 rings (SSSR count). The Bertz CT molecular complexity index is 326. The molecule has 1 atom stereocenters. The average molecular weight is 209 g/mol. The van der Waals surface area contributed by atoms with Crippen molar-refractivity contribution < 1.29 is 0 Å². The molecule has 0 saturated carbocycles. The lowest BCUT2D eigenvalue weighted by molar-refractivity contribution is 0.252. The van der Waals surface area contributed by atoms with Gasteiger partial charge in [-0.1, -0.05) is 0 Å². The van der Waals surface area contributed by atoms with Gasteiger partial charge in [0, 0.05) is 17.1 Å². The molecule has 0 bridgehead atoms. The van der Waals surface area contributed by atoms with Gasteiger partial charge in [-0.05, 0) is 20.9 Å². The van der Waals surface area contributed by atoms with Crippen molar-refractivity contribution in [1.82, 2.24) is 9.88 Å². The Morgan fingerprint density at radius 3 is 2.93 bits per heavy atom. The highest BCUT2D eigenvalue weighted by molar-refractivity contribution is 7.09. The van der Waals surface area contributed by atoms with Crippen LogP contribution in [0.1, 0.15) is 24.0 Å². The lowest BCUT2D eigenvalue weighted by Crippen LogP contribution is -2.28. The second-order valence-corrected chi connectivity index (χ2v) is 4.45. The number of thiazole rings is 1. The van der Waals surface area contributed by atoms with Gasteiger partial charge in [-0.3, -0.25) is 4.90 Å². The van der Waals surface area contributed by atoms with E-state index in [0.717, 1.165) is 17.2 Å². The molecule has 14 heavy (non-hydrogen) atoms. The predicted octanol–water partition coefficient (Wildman–Crippen LogP) is 2.19. The van der Waals surface area contributed by atoms with Crippen LogP contribution in [0, 0.1) is 18.3 Å². The molecular formula is C10H15N3S. The van der Waals surface area contributed by atoms with Crippen LogP contribution in [0.5, 0.6) is 0 Å². The zero-order valence-corrected chi connectivity index (χ0v) is 9.64. The molecule has 3 nitrogen and oxygen atoms in total. The lowest BCUT2D eigenvalue weighted by Gasteiger charge is -2.20. The second kappa shape index (κ2) is 5.08. The van der Waals surface area contributed by atoms with Crippen LogP contribution in [0.4, 0.5) is 0 Å². The van der Waals surface area contributed by atoms with E-state index in [2.05, 4.69) is 28.3 Å². The minimum atomic E-state index is 0.296. The van der Waals surface area contributed by atoms with Crippen LogP contribution >= 0.6 is 11.3 Å². The Morgan fingerprint density at radius 1 is 1.71 bits per heavy atom. The Morgan fingerprint density at radius 2 is 2.43 bits per heavy atom. The van der Waals surface area contributed by atoms with Gasteiger partial charge in [0.2, 0.25) is 0 Å². The molecule has 76 valence electrons. The summed E-state index contributed by atoms with van der Waals surface area (Å²) in [7, 11) is 2.03. The van der Waals surface area contributed by atoms with Crippen LogP contribution in [-0.4, -0.2) is 23.0 Å². The molecular weight excluding hydrogens is 194 g/mol. The first kappa shape index (κ1) is 11.2. The summed E-state index contributed by atoms with van der Waals surface area (Å²) < 4.78 is 0. The summed E-state index contributed by atoms with van der Waals surface area (Å²) >= 11 is 1.68. The van der Waals surface area contributed by atoms with Crippen molar-refractivity contribution in [3.63, 3.8) is 0 Å². The van der Waals surface area contributed by atoms with Gasteiger partial charge in [0.1, 0.15) is 5.01 Å². The third-order valence-corrected chi connectivity index (χ3v) is 3.14. The number of hydrogen-bond acceptors (Lipinski definition) is 4. The van der Waals surface area contributed by atoms with Crippen LogP contribution in [0.25, 0.3) is 0 Å². The van der Waals surface area contributed by atoms with E-state index in [4.69, 9.17) is 5.26 Å². The monoisotopic (exact) mass is 209 g/mol. The normalized spacial score (nSPS) is 12.8. The van der Waals surface area contributed by atoms with Crippen molar-refractivity contribution >= 4 is 11.3 Å². The van der Waals surface area contributed by atoms with E-state index in [0.29, 0.717) is 12.5 Å². The SMILES string of the molecule is Cc1csc(CN(C)[C@@H](C)CC#N)n1. The van der Waals surface area contributed by atoms with Crippen LogP contribution in [0.3, 0.4) is 0 Å². The minimum Gasteiger partial charge on any atom is -0.296 e. The third-order valence-electron chi connectivity index (χ3n) is 2.19. The van der Waals surface area contributed by atoms with Crippen molar-refractivity contribution in [1.29, 1.82) is 5.26 Å². The molecule has 0 saturated heterocycles. The number of rotatable bonds is 4. The summed E-state index contributed by atoms with van der Waals surface area (Å²) in [4.78, 5) is 6.54. The molecule has 0 spiro atoms. The van der Waals surface area contributed by atoms with Gasteiger partial charge in [0.15, 0.2) is 0 Å². The number of nitriles is 1. The van der Waals surface area contributed by atoms with Crippen LogP contribution in [-0.2, 0) is 6.54 Å². The van der Waals surface area contributed by atoms with E-state index >= 15 is 0 Å². The highest BCUT2D eigenvalue weighted by Crippen LogP contribution is 2.12. The predicted molar refractivity (Wildman–Crippen MR) is 58.0 cm³/mol. The maximum absolute atomic E-state index is 8.57. The summed E-state index contributed by atoms with van der Waals surface area (Å²) in [6, 6.07) is 2.48. The van der Waals surface area contributed by atoms with Gasteiger partial charge in [-0.15, -0.1) is 11.3 Å². The van der Waals surface area contributed by atoms with Crippen LogP contribution < -0.4 is 0 Å². The van der Waals surface area contributed by atoms with Crippen molar-refractivity contribution in [2.75, 3.05) is 7.05 Å². The standard InChI is InChI=1S/C10H15N3S/c1-8-7-14-10(12-8)6-13(3)9(2)4-5-11/h7,9H,4,6H2,1-3H3/t9-/m0/s1. The van der Waals surface area contributed by atoms with Gasteiger partial charge in [0.25, 0.3) is 0 Å². The minimum absolute atomic E-state index is 0.296. The molecule has 1 heterocycles. The van der Waals surface area contributed by atoms with Crippen molar-refractivity contribution in [2.24, 2.45) is 0 Å². The number of hydrogen-bond donors (Lipinski definition) is 0. The largest absolute Gasteiger partial charge is 0.296 e. The summed E-state index contributed by atoms with van der Waals surface area (Å²) in [6.45, 7) is 4.89. The summed E-state index contributed by atoms with van der Waals surface area (Å²) in [5.74, 6) is 0. The molecule has 0 unspecified atom stereocenters. The van der Waals surface area contributed by atoms with Crippen molar-refractivity contribution in [3.05, 3.63) is 16.1 Å². The Balaban J connectivity index is 2.49. The number of nitrogens with zero attached hydrogens (tertiary/aromatic N) is 3. The van der Waals surface area contributed by atoms with Gasteiger partial charge in [-0.25, -0.2) is 4.98 Å². The lowest BCUT2D eigenvalue weighted by atomic mass is 10.2. The molecule has 4 heteroatoms. The van der Waals surface area contributed by atoms with Gasteiger partial charge < -0.3 is 0 Å². The van der Waals surface area contributed by atoms with Crippen molar-refractivity contribution in [3.8, 4) is 6.07 Å². The van der Waals surface area contributed by atoms with E-state index in [-0.39, 0.29) is 0 Å². The van der Waals surface area contributed by atoms with Gasteiger partial charge in [-0.2, -0.15) is 5.26 Å². The Kier molecular flexibility index (Phi) is 4.05. The van der Waals surface area contributed by atoms with E-state index in [1.807, 2.05) is 14.0 Å². The summed E-state index contributed by atoms with van der Waals surface area (Å²) in [6.07, 6.45) is 0.570. The topological polar surface area (TPSA) is 39.9 Å². The smallest absolute Gasteiger partial charge is 0.107 e. The zero-order chi connectivity index (χ0) is 10.6. The molecule has 0 aliphatic heterocycles. The molecule has 0 fully saturated rings. The molecule has 0 N–H and O–H groups in total. The summed E-state index contributed by atoms with van der Waals surface area (Å²) in [5, 5.41) is 11.7. The van der Waals surface area contributed by atoms with E-state index in [1.54, 1.807) is 11.3 Å².